The number of hydrogen-bond donors (Lipinski definition) is 1. The molecule has 2 aromatic carbocycles. The number of piperidine rings is 1. The zero-order valence-corrected chi connectivity index (χ0v) is 15.3. The van der Waals surface area contributed by atoms with Crippen LogP contribution >= 0.6 is 0 Å². The Labute approximate surface area is 155 Å². The number of aliphatic carboxylic acids is 1. The van der Waals surface area contributed by atoms with Crippen molar-refractivity contribution in [2.24, 2.45) is 5.92 Å². The molecule has 0 amide bonds. The summed E-state index contributed by atoms with van der Waals surface area (Å²) < 4.78 is 0. The number of rotatable bonds is 5. The third kappa shape index (κ3) is 2.84. The van der Waals surface area contributed by atoms with Gasteiger partial charge in [0.25, 0.3) is 0 Å². The van der Waals surface area contributed by atoms with Gasteiger partial charge in [0, 0.05) is 12.1 Å². The summed E-state index contributed by atoms with van der Waals surface area (Å²) in [6, 6.07) is 20.9. The highest BCUT2D eigenvalue weighted by molar-refractivity contribution is 5.86. The Morgan fingerprint density at radius 2 is 1.42 bits per heavy atom. The number of carboxylic acid groups (broad SMARTS) is 1. The number of fused-ring (bicyclic) bond motifs is 2. The van der Waals surface area contributed by atoms with E-state index >= 15 is 0 Å². The maximum atomic E-state index is 12.7. The van der Waals surface area contributed by atoms with E-state index in [-0.39, 0.29) is 0 Å². The molecule has 0 saturated carbocycles. The van der Waals surface area contributed by atoms with Crippen molar-refractivity contribution < 1.29 is 9.90 Å². The van der Waals surface area contributed by atoms with Crippen molar-refractivity contribution in [3.63, 3.8) is 0 Å². The topological polar surface area (TPSA) is 40.5 Å². The quantitative estimate of drug-likeness (QED) is 0.874. The molecule has 3 nitrogen and oxygen atoms in total. The van der Waals surface area contributed by atoms with Crippen LogP contribution in [0.15, 0.2) is 60.7 Å². The van der Waals surface area contributed by atoms with Crippen molar-refractivity contribution in [1.29, 1.82) is 0 Å². The molecule has 2 saturated heterocycles. The molecule has 2 aliphatic rings. The minimum absolute atomic E-state index is 0.445. The fourth-order valence-corrected chi connectivity index (χ4v) is 5.31. The van der Waals surface area contributed by atoms with Crippen LogP contribution in [0.3, 0.4) is 0 Å². The molecule has 0 unspecified atom stereocenters. The highest BCUT2D eigenvalue weighted by Crippen LogP contribution is 2.45. The van der Waals surface area contributed by atoms with Gasteiger partial charge >= 0.3 is 5.97 Å². The molecule has 2 heterocycles. The summed E-state index contributed by atoms with van der Waals surface area (Å²) in [5, 5.41) is 10.5. The van der Waals surface area contributed by atoms with E-state index < -0.39 is 11.4 Å². The Bertz CT molecular complexity index is 705. The smallest absolute Gasteiger partial charge is 0.318 e. The van der Waals surface area contributed by atoms with Crippen LogP contribution in [0.25, 0.3) is 0 Å². The van der Waals surface area contributed by atoms with Crippen molar-refractivity contribution in [3.05, 3.63) is 71.8 Å². The number of carboxylic acids is 1. The number of carbonyl (C=O) groups is 1. The largest absolute Gasteiger partial charge is 0.480 e. The molecule has 136 valence electrons. The average Bonchev–Trinajstić information content (AvgIpc) is 2.88. The monoisotopic (exact) mass is 349 g/mol. The van der Waals surface area contributed by atoms with E-state index in [0.29, 0.717) is 24.4 Å². The highest BCUT2D eigenvalue weighted by Gasteiger charge is 2.47. The fourth-order valence-electron chi connectivity index (χ4n) is 5.31. The Kier molecular flexibility index (Phi) is 4.58. The minimum Gasteiger partial charge on any atom is -0.480 e. The van der Waals surface area contributed by atoms with Crippen molar-refractivity contribution in [3.8, 4) is 0 Å². The lowest BCUT2D eigenvalue weighted by Gasteiger charge is -2.41. The molecular weight excluding hydrogens is 322 g/mol. The Balaban J connectivity index is 1.75. The number of nitrogens with zero attached hydrogens (tertiary/aromatic N) is 1. The molecule has 1 N–H and O–H groups in total. The molecule has 0 aromatic heterocycles. The van der Waals surface area contributed by atoms with E-state index in [1.807, 2.05) is 60.7 Å². The second-order valence-corrected chi connectivity index (χ2v) is 8.03. The molecular formula is C23H27NO2. The molecule has 4 rings (SSSR count). The summed E-state index contributed by atoms with van der Waals surface area (Å²) in [6.45, 7) is 0. The zero-order valence-electron chi connectivity index (χ0n) is 15.3. The van der Waals surface area contributed by atoms with Gasteiger partial charge in [0.1, 0.15) is 5.41 Å². The van der Waals surface area contributed by atoms with Crippen LogP contribution in [-0.2, 0) is 10.2 Å². The van der Waals surface area contributed by atoms with Crippen LogP contribution in [0, 0.1) is 5.92 Å². The summed E-state index contributed by atoms with van der Waals surface area (Å²) in [5.41, 5.74) is 0.817. The Morgan fingerprint density at radius 3 is 1.85 bits per heavy atom. The van der Waals surface area contributed by atoms with Gasteiger partial charge in [-0.3, -0.25) is 4.79 Å². The molecule has 26 heavy (non-hydrogen) atoms. The molecule has 0 aliphatic carbocycles. The van der Waals surface area contributed by atoms with E-state index in [1.165, 1.54) is 12.8 Å². The lowest BCUT2D eigenvalue weighted by atomic mass is 9.67. The first kappa shape index (κ1) is 17.3. The van der Waals surface area contributed by atoms with Gasteiger partial charge in [-0.15, -0.1) is 0 Å². The van der Waals surface area contributed by atoms with Crippen molar-refractivity contribution >= 4 is 5.97 Å². The molecule has 2 aliphatic heterocycles. The highest BCUT2D eigenvalue weighted by atomic mass is 16.4. The predicted molar refractivity (Wildman–Crippen MR) is 103 cm³/mol. The van der Waals surface area contributed by atoms with E-state index in [9.17, 15) is 9.90 Å². The summed E-state index contributed by atoms with van der Waals surface area (Å²) in [7, 11) is 2.23. The van der Waals surface area contributed by atoms with E-state index in [4.69, 9.17) is 0 Å². The van der Waals surface area contributed by atoms with Crippen molar-refractivity contribution in [2.45, 2.75) is 49.6 Å². The van der Waals surface area contributed by atoms with Crippen LogP contribution in [0.4, 0.5) is 0 Å². The predicted octanol–water partition coefficient (Wildman–Crippen LogP) is 4.32. The minimum atomic E-state index is -0.970. The Hall–Kier alpha value is -2.13. The standard InChI is InChI=1S/C23H27NO2/c1-24-20-12-13-21(24)15-17(14-20)16-23(22(25)26,18-8-4-2-5-9-18)19-10-6-3-7-11-19/h2-11,17,20-21H,12-16H2,1H3,(H,25,26)/t17-,20+,21-. The van der Waals surface area contributed by atoms with E-state index in [0.717, 1.165) is 24.0 Å². The SMILES string of the molecule is CN1[C@@H]2CC[C@H]1C[C@@H](CC(C(=O)O)(c1ccccc1)c1ccccc1)C2. The first-order valence-electron chi connectivity index (χ1n) is 9.67. The maximum Gasteiger partial charge on any atom is 0.318 e. The molecule has 2 aromatic rings. The van der Waals surface area contributed by atoms with Crippen molar-refractivity contribution in [2.75, 3.05) is 7.05 Å². The van der Waals surface area contributed by atoms with Gasteiger partial charge in [-0.1, -0.05) is 60.7 Å². The third-order valence-corrected chi connectivity index (χ3v) is 6.69. The van der Waals surface area contributed by atoms with E-state index in [1.54, 1.807) is 0 Å². The molecule has 0 radical (unpaired) electrons. The van der Waals surface area contributed by atoms with Gasteiger partial charge in [-0.25, -0.2) is 0 Å². The average molecular weight is 349 g/mol. The molecule has 3 atom stereocenters. The number of hydrogen-bond acceptors (Lipinski definition) is 2. The fraction of sp³-hybridized carbons (Fsp3) is 0.435. The van der Waals surface area contributed by atoms with Crippen LogP contribution in [0.1, 0.15) is 43.2 Å². The lowest BCUT2D eigenvalue weighted by Crippen LogP contribution is -2.44. The molecule has 2 fully saturated rings. The molecule has 3 heteroatoms. The summed E-state index contributed by atoms with van der Waals surface area (Å²) in [6.07, 6.45) is 5.42. The molecule has 0 spiro atoms. The molecule has 2 bridgehead atoms. The van der Waals surface area contributed by atoms with Crippen LogP contribution in [-0.4, -0.2) is 35.1 Å². The summed E-state index contributed by atoms with van der Waals surface area (Å²) in [5.74, 6) is -0.290. The second kappa shape index (κ2) is 6.88. The first-order valence-corrected chi connectivity index (χ1v) is 9.67. The van der Waals surface area contributed by atoms with Crippen LogP contribution in [0.2, 0.25) is 0 Å². The Morgan fingerprint density at radius 1 is 0.962 bits per heavy atom. The zero-order chi connectivity index (χ0) is 18.1. The van der Waals surface area contributed by atoms with Gasteiger partial charge < -0.3 is 10.0 Å². The summed E-state index contributed by atoms with van der Waals surface area (Å²) in [4.78, 5) is 15.2. The van der Waals surface area contributed by atoms with Crippen LogP contribution < -0.4 is 0 Å². The third-order valence-electron chi connectivity index (χ3n) is 6.69. The number of benzene rings is 2. The van der Waals surface area contributed by atoms with Gasteiger partial charge in [0.05, 0.1) is 0 Å². The van der Waals surface area contributed by atoms with Gasteiger partial charge in [-0.05, 0) is 56.2 Å². The maximum absolute atomic E-state index is 12.7. The van der Waals surface area contributed by atoms with E-state index in [2.05, 4.69) is 11.9 Å². The summed E-state index contributed by atoms with van der Waals surface area (Å²) >= 11 is 0. The van der Waals surface area contributed by atoms with Crippen LogP contribution in [0.5, 0.6) is 0 Å². The first-order chi connectivity index (χ1) is 12.6. The van der Waals surface area contributed by atoms with Gasteiger partial charge in [-0.2, -0.15) is 0 Å². The normalized spacial score (nSPS) is 26.0. The van der Waals surface area contributed by atoms with Gasteiger partial charge in [0.2, 0.25) is 0 Å². The van der Waals surface area contributed by atoms with Crippen molar-refractivity contribution in [1.82, 2.24) is 4.90 Å². The second-order valence-electron chi connectivity index (χ2n) is 8.03. The lowest BCUT2D eigenvalue weighted by molar-refractivity contribution is -0.143. The van der Waals surface area contributed by atoms with Gasteiger partial charge in [0.15, 0.2) is 0 Å².